The van der Waals surface area contributed by atoms with Crippen LogP contribution in [0, 0.1) is 6.92 Å². The molecule has 0 radical (unpaired) electrons. The van der Waals surface area contributed by atoms with E-state index in [2.05, 4.69) is 24.3 Å². The van der Waals surface area contributed by atoms with Gasteiger partial charge in [0.05, 0.1) is 23.5 Å². The SMILES string of the molecule is CCNC1CCCc2sc(-c3cnn(C)c3C)nc21. The van der Waals surface area contributed by atoms with Crippen LogP contribution in [0.5, 0.6) is 0 Å². The van der Waals surface area contributed by atoms with Gasteiger partial charge in [-0.1, -0.05) is 6.92 Å². The molecule has 4 nitrogen and oxygen atoms in total. The van der Waals surface area contributed by atoms with Crippen molar-refractivity contribution in [3.8, 4) is 10.6 Å². The summed E-state index contributed by atoms with van der Waals surface area (Å²) in [5.74, 6) is 0. The molecule has 2 heterocycles. The Morgan fingerprint density at radius 3 is 3.05 bits per heavy atom. The number of hydrogen-bond acceptors (Lipinski definition) is 4. The minimum atomic E-state index is 0.440. The van der Waals surface area contributed by atoms with Gasteiger partial charge in [0.25, 0.3) is 0 Å². The monoisotopic (exact) mass is 276 g/mol. The van der Waals surface area contributed by atoms with Crippen molar-refractivity contribution in [2.75, 3.05) is 6.54 Å². The quantitative estimate of drug-likeness (QED) is 0.937. The second-order valence-corrected chi connectivity index (χ2v) is 6.18. The lowest BCUT2D eigenvalue weighted by Gasteiger charge is -2.21. The summed E-state index contributed by atoms with van der Waals surface area (Å²) in [4.78, 5) is 6.35. The summed E-state index contributed by atoms with van der Waals surface area (Å²) >= 11 is 1.84. The smallest absolute Gasteiger partial charge is 0.127 e. The Kier molecular flexibility index (Phi) is 3.41. The number of hydrogen-bond donors (Lipinski definition) is 1. The zero-order valence-corrected chi connectivity index (χ0v) is 12.5. The van der Waals surface area contributed by atoms with E-state index in [0.29, 0.717) is 6.04 Å². The van der Waals surface area contributed by atoms with Crippen LogP contribution in [0.25, 0.3) is 10.6 Å². The Morgan fingerprint density at radius 2 is 2.37 bits per heavy atom. The van der Waals surface area contributed by atoms with Crippen molar-refractivity contribution in [3.63, 3.8) is 0 Å². The lowest BCUT2D eigenvalue weighted by Crippen LogP contribution is -2.24. The number of aromatic nitrogens is 3. The summed E-state index contributed by atoms with van der Waals surface area (Å²) in [6.45, 7) is 5.26. The molecule has 1 atom stereocenters. The van der Waals surface area contributed by atoms with Crippen LogP contribution in [0.15, 0.2) is 6.20 Å². The molecular formula is C14H20N4S. The highest BCUT2D eigenvalue weighted by molar-refractivity contribution is 7.15. The first-order valence-electron chi connectivity index (χ1n) is 6.92. The highest BCUT2D eigenvalue weighted by Crippen LogP contribution is 2.37. The third kappa shape index (κ3) is 2.21. The summed E-state index contributed by atoms with van der Waals surface area (Å²) in [6, 6.07) is 0.440. The first kappa shape index (κ1) is 12.8. The van der Waals surface area contributed by atoms with E-state index in [4.69, 9.17) is 4.98 Å². The van der Waals surface area contributed by atoms with E-state index in [1.54, 1.807) is 0 Å². The van der Waals surface area contributed by atoms with E-state index in [9.17, 15) is 0 Å². The summed E-state index contributed by atoms with van der Waals surface area (Å²) in [5.41, 5.74) is 3.64. The van der Waals surface area contributed by atoms with Crippen LogP contribution in [0.3, 0.4) is 0 Å². The maximum Gasteiger partial charge on any atom is 0.127 e. The molecule has 0 amide bonds. The molecule has 0 fully saturated rings. The molecule has 2 aromatic heterocycles. The molecule has 102 valence electrons. The van der Waals surface area contributed by atoms with E-state index in [1.165, 1.54) is 41.1 Å². The van der Waals surface area contributed by atoms with E-state index in [1.807, 2.05) is 29.3 Å². The molecule has 1 N–H and O–H groups in total. The highest BCUT2D eigenvalue weighted by atomic mass is 32.1. The molecular weight excluding hydrogens is 256 g/mol. The topological polar surface area (TPSA) is 42.7 Å². The molecule has 1 unspecified atom stereocenters. The fourth-order valence-corrected chi connectivity index (χ4v) is 3.91. The van der Waals surface area contributed by atoms with E-state index < -0.39 is 0 Å². The second-order valence-electron chi connectivity index (χ2n) is 5.10. The van der Waals surface area contributed by atoms with Gasteiger partial charge in [0.2, 0.25) is 0 Å². The third-order valence-corrected chi connectivity index (χ3v) is 5.03. The summed E-state index contributed by atoms with van der Waals surface area (Å²) in [6.07, 6.45) is 5.57. The normalized spacial score (nSPS) is 18.6. The Bertz CT molecular complexity index is 584. The predicted octanol–water partition coefficient (Wildman–Crippen LogP) is 2.84. The van der Waals surface area contributed by atoms with Crippen molar-refractivity contribution in [2.24, 2.45) is 7.05 Å². The molecule has 1 aliphatic carbocycles. The summed E-state index contributed by atoms with van der Waals surface area (Å²) in [7, 11) is 1.98. The molecule has 19 heavy (non-hydrogen) atoms. The van der Waals surface area contributed by atoms with Gasteiger partial charge in [-0.05, 0) is 32.7 Å². The Balaban J connectivity index is 1.99. The first-order chi connectivity index (χ1) is 9.20. The fraction of sp³-hybridized carbons (Fsp3) is 0.571. The zero-order chi connectivity index (χ0) is 13.4. The van der Waals surface area contributed by atoms with Crippen LogP contribution in [0.4, 0.5) is 0 Å². The van der Waals surface area contributed by atoms with Gasteiger partial charge in [0.1, 0.15) is 5.01 Å². The Morgan fingerprint density at radius 1 is 1.53 bits per heavy atom. The maximum absolute atomic E-state index is 4.90. The van der Waals surface area contributed by atoms with Crippen LogP contribution in [0.2, 0.25) is 0 Å². The van der Waals surface area contributed by atoms with Gasteiger partial charge in [-0.15, -0.1) is 11.3 Å². The van der Waals surface area contributed by atoms with Crippen LogP contribution >= 0.6 is 11.3 Å². The van der Waals surface area contributed by atoms with Crippen LogP contribution in [-0.4, -0.2) is 21.3 Å². The van der Waals surface area contributed by atoms with Gasteiger partial charge >= 0.3 is 0 Å². The fourth-order valence-electron chi connectivity index (χ4n) is 2.69. The third-order valence-electron chi connectivity index (χ3n) is 3.87. The molecule has 0 saturated heterocycles. The number of nitrogens with zero attached hydrogens (tertiary/aromatic N) is 3. The predicted molar refractivity (Wildman–Crippen MR) is 78.4 cm³/mol. The average Bonchev–Trinajstić information content (AvgIpc) is 2.96. The van der Waals surface area contributed by atoms with Crippen molar-refractivity contribution in [1.29, 1.82) is 0 Å². The summed E-state index contributed by atoms with van der Waals surface area (Å²) in [5, 5.41) is 9.00. The summed E-state index contributed by atoms with van der Waals surface area (Å²) < 4.78 is 1.91. The second kappa shape index (κ2) is 5.06. The molecule has 0 saturated carbocycles. The molecule has 5 heteroatoms. The number of nitrogens with one attached hydrogen (secondary N) is 1. The van der Waals surface area contributed by atoms with Crippen LogP contribution in [0.1, 0.15) is 42.1 Å². The average molecular weight is 276 g/mol. The number of aryl methyl sites for hydroxylation is 2. The van der Waals surface area contributed by atoms with Gasteiger partial charge in [-0.2, -0.15) is 5.10 Å². The largest absolute Gasteiger partial charge is 0.309 e. The van der Waals surface area contributed by atoms with Crippen molar-refractivity contribution in [3.05, 3.63) is 22.5 Å². The Hall–Kier alpha value is -1.20. The van der Waals surface area contributed by atoms with E-state index in [0.717, 1.165) is 11.6 Å². The lowest BCUT2D eigenvalue weighted by atomic mass is 9.98. The molecule has 0 aromatic carbocycles. The van der Waals surface area contributed by atoms with Crippen molar-refractivity contribution in [1.82, 2.24) is 20.1 Å². The maximum atomic E-state index is 4.90. The van der Waals surface area contributed by atoms with E-state index in [-0.39, 0.29) is 0 Å². The molecule has 1 aliphatic rings. The van der Waals surface area contributed by atoms with E-state index >= 15 is 0 Å². The molecule has 0 spiro atoms. The van der Waals surface area contributed by atoms with Crippen molar-refractivity contribution in [2.45, 2.75) is 39.2 Å². The lowest BCUT2D eigenvalue weighted by molar-refractivity contribution is 0.465. The first-order valence-corrected chi connectivity index (χ1v) is 7.74. The Labute approximate surface area is 117 Å². The standard InChI is InChI=1S/C14H20N4S/c1-4-15-11-6-5-7-12-13(11)17-14(19-12)10-8-16-18(3)9(10)2/h8,11,15H,4-7H2,1-3H3. The minimum Gasteiger partial charge on any atom is -0.309 e. The van der Waals surface area contributed by atoms with Gasteiger partial charge in [0, 0.05) is 17.6 Å². The van der Waals surface area contributed by atoms with Crippen molar-refractivity contribution < 1.29 is 0 Å². The van der Waals surface area contributed by atoms with Crippen LogP contribution in [-0.2, 0) is 13.5 Å². The van der Waals surface area contributed by atoms with Gasteiger partial charge in [-0.25, -0.2) is 4.98 Å². The number of rotatable bonds is 3. The number of thiazole rings is 1. The number of fused-ring (bicyclic) bond motifs is 1. The highest BCUT2D eigenvalue weighted by Gasteiger charge is 2.25. The molecule has 2 aromatic rings. The molecule has 3 rings (SSSR count). The molecule has 0 aliphatic heterocycles. The minimum absolute atomic E-state index is 0.440. The molecule has 0 bridgehead atoms. The van der Waals surface area contributed by atoms with Crippen LogP contribution < -0.4 is 5.32 Å². The van der Waals surface area contributed by atoms with Gasteiger partial charge in [0.15, 0.2) is 0 Å². The van der Waals surface area contributed by atoms with Crippen molar-refractivity contribution >= 4 is 11.3 Å². The van der Waals surface area contributed by atoms with Gasteiger partial charge < -0.3 is 5.32 Å². The van der Waals surface area contributed by atoms with Gasteiger partial charge in [-0.3, -0.25) is 4.68 Å². The zero-order valence-electron chi connectivity index (χ0n) is 11.7.